The largest absolute Gasteiger partial charge is 0.396 e. The topological polar surface area (TPSA) is 32.3 Å². The van der Waals surface area contributed by atoms with Crippen molar-refractivity contribution in [3.63, 3.8) is 0 Å². The Morgan fingerprint density at radius 3 is 3.00 bits per heavy atom. The molecule has 2 nitrogen and oxygen atoms in total. The molecule has 4 heteroatoms. The van der Waals surface area contributed by atoms with E-state index in [0.29, 0.717) is 11.8 Å². The predicted molar refractivity (Wildman–Crippen MR) is 55.5 cm³/mol. The fraction of sp³-hybridized carbons (Fsp3) is 0.556. The molecule has 1 fully saturated rings. The van der Waals surface area contributed by atoms with Crippen molar-refractivity contribution in [2.24, 2.45) is 5.92 Å². The second-order valence-electron chi connectivity index (χ2n) is 3.35. The van der Waals surface area contributed by atoms with E-state index in [4.69, 9.17) is 16.7 Å². The first-order chi connectivity index (χ1) is 6.31. The summed E-state index contributed by atoms with van der Waals surface area (Å²) < 4.78 is 0.832. The number of hydrogen-bond donors (Lipinski definition) is 2. The van der Waals surface area contributed by atoms with Gasteiger partial charge in [-0.3, -0.25) is 0 Å². The van der Waals surface area contributed by atoms with Crippen molar-refractivity contribution in [1.82, 2.24) is 5.32 Å². The van der Waals surface area contributed by atoms with Crippen LogP contribution >= 0.6 is 22.9 Å². The van der Waals surface area contributed by atoms with Crippen molar-refractivity contribution < 1.29 is 5.11 Å². The minimum absolute atomic E-state index is 0.257. The number of hydrogen-bond acceptors (Lipinski definition) is 3. The van der Waals surface area contributed by atoms with E-state index in [2.05, 4.69) is 11.4 Å². The lowest BCUT2D eigenvalue weighted by Gasteiger charge is -2.13. The molecule has 0 aromatic carbocycles. The third-order valence-corrected chi connectivity index (χ3v) is 3.90. The zero-order valence-electron chi connectivity index (χ0n) is 7.16. The number of aliphatic hydroxyl groups excluding tert-OH is 1. The molecule has 1 aliphatic heterocycles. The first-order valence-electron chi connectivity index (χ1n) is 4.38. The molecule has 2 N–H and O–H groups in total. The fourth-order valence-electron chi connectivity index (χ4n) is 1.79. The van der Waals surface area contributed by atoms with Gasteiger partial charge in [0.2, 0.25) is 0 Å². The van der Waals surface area contributed by atoms with E-state index in [-0.39, 0.29) is 6.61 Å². The highest BCUT2D eigenvalue weighted by Gasteiger charge is 2.28. The highest BCUT2D eigenvalue weighted by Crippen LogP contribution is 2.34. The second kappa shape index (κ2) is 3.96. The Hall–Kier alpha value is -0.0900. The van der Waals surface area contributed by atoms with Gasteiger partial charge in [0.05, 0.1) is 4.34 Å². The Morgan fingerprint density at radius 1 is 1.54 bits per heavy atom. The van der Waals surface area contributed by atoms with Crippen LogP contribution in [0.3, 0.4) is 0 Å². The average Bonchev–Trinajstić information content (AvgIpc) is 2.71. The molecule has 2 atom stereocenters. The maximum absolute atomic E-state index is 9.14. The van der Waals surface area contributed by atoms with Crippen molar-refractivity contribution >= 4 is 22.9 Å². The van der Waals surface area contributed by atoms with Gasteiger partial charge >= 0.3 is 0 Å². The predicted octanol–water partition coefficient (Wildman–Crippen LogP) is 1.70. The van der Waals surface area contributed by atoms with Gasteiger partial charge in [0.15, 0.2) is 0 Å². The summed E-state index contributed by atoms with van der Waals surface area (Å²) >= 11 is 7.48. The Labute approximate surface area is 86.5 Å². The Kier molecular flexibility index (Phi) is 2.89. The molecule has 2 unspecified atom stereocenters. The van der Waals surface area contributed by atoms with E-state index < -0.39 is 0 Å². The number of nitrogens with one attached hydrogen (secondary N) is 1. The summed E-state index contributed by atoms with van der Waals surface area (Å²) in [6, 6.07) is 3.99. The molecule has 0 saturated carbocycles. The van der Waals surface area contributed by atoms with Gasteiger partial charge in [0, 0.05) is 36.4 Å². The quantitative estimate of drug-likeness (QED) is 0.791. The zero-order valence-corrected chi connectivity index (χ0v) is 8.74. The van der Waals surface area contributed by atoms with Crippen molar-refractivity contribution in [2.75, 3.05) is 19.7 Å². The van der Waals surface area contributed by atoms with Crippen LogP contribution in [0.4, 0.5) is 0 Å². The summed E-state index contributed by atoms with van der Waals surface area (Å²) in [5, 5.41) is 12.4. The molecule has 0 amide bonds. The SMILES string of the molecule is OCC1CNCC1c1ccc(Cl)s1. The summed E-state index contributed by atoms with van der Waals surface area (Å²) in [6.45, 7) is 2.13. The maximum atomic E-state index is 9.14. The lowest BCUT2D eigenvalue weighted by molar-refractivity contribution is 0.227. The maximum Gasteiger partial charge on any atom is 0.0931 e. The minimum atomic E-state index is 0.257. The molecule has 13 heavy (non-hydrogen) atoms. The summed E-state index contributed by atoms with van der Waals surface area (Å²) in [7, 11) is 0. The molecular weight excluding hydrogens is 206 g/mol. The van der Waals surface area contributed by atoms with Crippen LogP contribution in [0.2, 0.25) is 4.34 Å². The Morgan fingerprint density at radius 2 is 2.38 bits per heavy atom. The molecule has 1 saturated heterocycles. The third kappa shape index (κ3) is 1.89. The molecule has 1 aromatic rings. The monoisotopic (exact) mass is 217 g/mol. The average molecular weight is 218 g/mol. The van der Waals surface area contributed by atoms with Gasteiger partial charge in [-0.25, -0.2) is 0 Å². The van der Waals surface area contributed by atoms with E-state index >= 15 is 0 Å². The van der Waals surface area contributed by atoms with Crippen molar-refractivity contribution in [3.8, 4) is 0 Å². The first kappa shape index (κ1) is 9.46. The number of aliphatic hydroxyl groups is 1. The molecular formula is C9H12ClNOS. The van der Waals surface area contributed by atoms with Gasteiger partial charge in [-0.1, -0.05) is 11.6 Å². The van der Waals surface area contributed by atoms with Gasteiger partial charge in [-0.2, -0.15) is 0 Å². The number of rotatable bonds is 2. The van der Waals surface area contributed by atoms with Crippen molar-refractivity contribution in [3.05, 3.63) is 21.3 Å². The van der Waals surface area contributed by atoms with Gasteiger partial charge in [-0.05, 0) is 12.1 Å². The van der Waals surface area contributed by atoms with Gasteiger partial charge in [0.1, 0.15) is 0 Å². The summed E-state index contributed by atoms with van der Waals surface area (Å²) in [6.07, 6.45) is 0. The molecule has 0 bridgehead atoms. The normalized spacial score (nSPS) is 28.2. The first-order valence-corrected chi connectivity index (χ1v) is 5.57. The van der Waals surface area contributed by atoms with E-state index in [0.717, 1.165) is 17.4 Å². The summed E-state index contributed by atoms with van der Waals surface area (Å²) in [5.74, 6) is 0.803. The lowest BCUT2D eigenvalue weighted by Crippen LogP contribution is -2.14. The smallest absolute Gasteiger partial charge is 0.0931 e. The van der Waals surface area contributed by atoms with Crippen LogP contribution in [0.25, 0.3) is 0 Å². The minimum Gasteiger partial charge on any atom is -0.396 e. The molecule has 2 rings (SSSR count). The molecule has 0 spiro atoms. The highest BCUT2D eigenvalue weighted by atomic mass is 35.5. The molecule has 0 radical (unpaired) electrons. The Balaban J connectivity index is 2.15. The molecule has 2 heterocycles. The van der Waals surface area contributed by atoms with Gasteiger partial charge in [-0.15, -0.1) is 11.3 Å². The van der Waals surface area contributed by atoms with E-state index in [1.165, 1.54) is 4.88 Å². The van der Waals surface area contributed by atoms with Crippen molar-refractivity contribution in [2.45, 2.75) is 5.92 Å². The van der Waals surface area contributed by atoms with Crippen LogP contribution in [-0.4, -0.2) is 24.8 Å². The van der Waals surface area contributed by atoms with Gasteiger partial charge in [0.25, 0.3) is 0 Å². The van der Waals surface area contributed by atoms with E-state index in [1.807, 2.05) is 6.07 Å². The van der Waals surface area contributed by atoms with Crippen molar-refractivity contribution in [1.29, 1.82) is 0 Å². The molecule has 0 aliphatic carbocycles. The zero-order chi connectivity index (χ0) is 9.26. The summed E-state index contributed by atoms with van der Waals surface area (Å²) in [4.78, 5) is 1.29. The van der Waals surface area contributed by atoms with Crippen LogP contribution < -0.4 is 5.32 Å². The van der Waals surface area contributed by atoms with E-state index in [9.17, 15) is 0 Å². The van der Waals surface area contributed by atoms with E-state index in [1.54, 1.807) is 11.3 Å². The van der Waals surface area contributed by atoms with Crippen LogP contribution in [0.15, 0.2) is 12.1 Å². The summed E-state index contributed by atoms with van der Waals surface area (Å²) in [5.41, 5.74) is 0. The van der Waals surface area contributed by atoms with Crippen LogP contribution in [-0.2, 0) is 0 Å². The highest BCUT2D eigenvalue weighted by molar-refractivity contribution is 7.16. The molecule has 1 aliphatic rings. The second-order valence-corrected chi connectivity index (χ2v) is 5.10. The Bertz CT molecular complexity index is 289. The van der Waals surface area contributed by atoms with Crippen LogP contribution in [0.1, 0.15) is 10.8 Å². The van der Waals surface area contributed by atoms with Gasteiger partial charge < -0.3 is 10.4 Å². The standard InChI is InChI=1S/C9H12ClNOS/c10-9-2-1-8(13-9)7-4-11-3-6(7)5-12/h1-2,6-7,11-12H,3-5H2. The molecule has 72 valence electrons. The fourth-order valence-corrected chi connectivity index (χ4v) is 3.04. The molecule has 1 aromatic heterocycles. The third-order valence-electron chi connectivity index (χ3n) is 2.53. The number of halogens is 1. The van der Waals surface area contributed by atoms with Crippen LogP contribution in [0, 0.1) is 5.92 Å². The lowest BCUT2D eigenvalue weighted by atomic mass is 9.95. The van der Waals surface area contributed by atoms with Crippen LogP contribution in [0.5, 0.6) is 0 Å². The number of thiophene rings is 1.